The second-order valence-electron chi connectivity index (χ2n) is 0.966. The fraction of sp³-hybridized carbons (Fsp3) is 1.00. The summed E-state index contributed by atoms with van der Waals surface area (Å²) in [4.78, 5) is 0. The molecule has 0 radical (unpaired) electrons. The Labute approximate surface area is 36.1 Å². The molecule has 1 saturated heterocycles. The third-order valence-corrected chi connectivity index (χ3v) is 1.73. The fourth-order valence-corrected chi connectivity index (χ4v) is 0.433. The van der Waals surface area contributed by atoms with E-state index in [4.69, 9.17) is 0 Å². The Morgan fingerprint density at radius 3 is 1.40 bits per heavy atom. The average molecular weight is 92.2 g/mol. The zero-order valence-electron chi connectivity index (χ0n) is 3.03. The molecule has 2 N–H and O–H groups in total. The number of rotatable bonds is 0. The van der Waals surface area contributed by atoms with Crippen LogP contribution in [0.5, 0.6) is 0 Å². The molecule has 32 valence electrons. The summed E-state index contributed by atoms with van der Waals surface area (Å²) in [5.74, 6) is 2.83. The maximum absolute atomic E-state index is 2.04. The average Bonchev–Trinajstić information content (AvgIpc) is 0.722. The lowest BCUT2D eigenvalue weighted by Crippen LogP contribution is -1.94. The molecule has 0 aromatic rings. The number of thioether (sulfide) groups is 1. The van der Waals surface area contributed by atoms with Gasteiger partial charge in [0, 0.05) is 0 Å². The molecule has 1 fully saturated rings. The van der Waals surface area contributed by atoms with Gasteiger partial charge in [0.25, 0.3) is 0 Å². The molecule has 0 atom stereocenters. The first kappa shape index (κ1) is 5.31. The Kier molecular flexibility index (Phi) is 2.70. The standard InChI is InChI=1S/C3H6S.H2O/c1-2-4-3-1;/h1-3H2;1H2. The molecular formula is C3H8OS. The van der Waals surface area contributed by atoms with Crippen LogP contribution in [0.25, 0.3) is 0 Å². The molecule has 0 saturated carbocycles. The van der Waals surface area contributed by atoms with Crippen LogP contribution in [0.1, 0.15) is 6.42 Å². The van der Waals surface area contributed by atoms with Gasteiger partial charge in [-0.2, -0.15) is 11.8 Å². The number of hydrogen-bond donors (Lipinski definition) is 0. The molecule has 0 unspecified atom stereocenters. The van der Waals surface area contributed by atoms with Gasteiger partial charge in [-0.25, -0.2) is 0 Å². The predicted molar refractivity (Wildman–Crippen MR) is 25.6 cm³/mol. The van der Waals surface area contributed by atoms with E-state index in [9.17, 15) is 0 Å². The summed E-state index contributed by atoms with van der Waals surface area (Å²) in [6.45, 7) is 0. The zero-order valence-corrected chi connectivity index (χ0v) is 3.85. The summed E-state index contributed by atoms with van der Waals surface area (Å²) in [5.41, 5.74) is 0. The van der Waals surface area contributed by atoms with Crippen molar-refractivity contribution in [1.82, 2.24) is 0 Å². The van der Waals surface area contributed by atoms with E-state index in [2.05, 4.69) is 0 Å². The van der Waals surface area contributed by atoms with Gasteiger partial charge in [-0.3, -0.25) is 0 Å². The fourth-order valence-electron chi connectivity index (χ4n) is 0.144. The maximum Gasteiger partial charge on any atom is -0.00597 e. The Bertz CT molecular complexity index is 14.9. The molecule has 0 aromatic carbocycles. The lowest BCUT2D eigenvalue weighted by Gasteiger charge is -2.05. The van der Waals surface area contributed by atoms with E-state index in [0.717, 1.165) is 0 Å². The Morgan fingerprint density at radius 2 is 1.40 bits per heavy atom. The molecule has 0 aliphatic carbocycles. The highest BCUT2D eigenvalue weighted by molar-refractivity contribution is 8.00. The first-order chi connectivity index (χ1) is 2.00. The van der Waals surface area contributed by atoms with Crippen molar-refractivity contribution in [2.45, 2.75) is 6.42 Å². The van der Waals surface area contributed by atoms with Gasteiger partial charge in [0.1, 0.15) is 0 Å². The van der Waals surface area contributed by atoms with Crippen molar-refractivity contribution in [3.63, 3.8) is 0 Å². The van der Waals surface area contributed by atoms with Crippen molar-refractivity contribution in [1.29, 1.82) is 0 Å². The molecular weight excluding hydrogens is 84.1 g/mol. The molecule has 1 nitrogen and oxygen atoms in total. The summed E-state index contributed by atoms with van der Waals surface area (Å²) in [6, 6.07) is 0. The summed E-state index contributed by atoms with van der Waals surface area (Å²) >= 11 is 2.04. The van der Waals surface area contributed by atoms with Crippen molar-refractivity contribution < 1.29 is 5.48 Å². The zero-order chi connectivity index (χ0) is 2.83. The summed E-state index contributed by atoms with van der Waals surface area (Å²) < 4.78 is 0. The monoisotopic (exact) mass is 92.0 g/mol. The van der Waals surface area contributed by atoms with Crippen LogP contribution in [0.3, 0.4) is 0 Å². The molecule has 0 aromatic heterocycles. The Hall–Kier alpha value is 0.310. The van der Waals surface area contributed by atoms with Crippen LogP contribution in [0.2, 0.25) is 0 Å². The lowest BCUT2D eigenvalue weighted by atomic mass is 10.6. The van der Waals surface area contributed by atoms with Crippen LogP contribution in [-0.2, 0) is 0 Å². The first-order valence-electron chi connectivity index (χ1n) is 1.58. The van der Waals surface area contributed by atoms with E-state index in [0.29, 0.717) is 0 Å². The molecule has 2 heteroatoms. The first-order valence-corrected chi connectivity index (χ1v) is 2.73. The highest BCUT2D eigenvalue weighted by atomic mass is 32.2. The predicted octanol–water partition coefficient (Wildman–Crippen LogP) is 0.299. The third kappa shape index (κ3) is 1.24. The van der Waals surface area contributed by atoms with Crippen LogP contribution in [0.4, 0.5) is 0 Å². The second-order valence-corrected chi connectivity index (χ2v) is 2.19. The molecule has 1 rings (SSSR count). The molecule has 0 bridgehead atoms. The van der Waals surface area contributed by atoms with Crippen molar-refractivity contribution in [2.75, 3.05) is 11.5 Å². The van der Waals surface area contributed by atoms with Crippen molar-refractivity contribution in [2.24, 2.45) is 0 Å². The van der Waals surface area contributed by atoms with Crippen molar-refractivity contribution >= 4 is 11.8 Å². The normalized spacial score (nSPS) is 19.2. The van der Waals surface area contributed by atoms with Gasteiger partial charge in [-0.05, 0) is 17.9 Å². The van der Waals surface area contributed by atoms with Gasteiger partial charge in [-0.1, -0.05) is 0 Å². The van der Waals surface area contributed by atoms with E-state index in [1.165, 1.54) is 17.9 Å². The minimum atomic E-state index is 0. The SMILES string of the molecule is C1CSC1.O. The van der Waals surface area contributed by atoms with Gasteiger partial charge in [0.2, 0.25) is 0 Å². The van der Waals surface area contributed by atoms with Crippen LogP contribution >= 0.6 is 11.8 Å². The molecule has 5 heavy (non-hydrogen) atoms. The van der Waals surface area contributed by atoms with Crippen LogP contribution in [0, 0.1) is 0 Å². The van der Waals surface area contributed by atoms with E-state index < -0.39 is 0 Å². The van der Waals surface area contributed by atoms with Gasteiger partial charge in [-0.15, -0.1) is 0 Å². The van der Waals surface area contributed by atoms with Crippen molar-refractivity contribution in [3.8, 4) is 0 Å². The quantitative estimate of drug-likeness (QED) is 0.423. The van der Waals surface area contributed by atoms with Crippen LogP contribution < -0.4 is 0 Å². The highest BCUT2D eigenvalue weighted by Gasteiger charge is 1.95. The van der Waals surface area contributed by atoms with E-state index in [-0.39, 0.29) is 5.48 Å². The minimum absolute atomic E-state index is 0. The molecule has 1 aliphatic heterocycles. The van der Waals surface area contributed by atoms with Crippen molar-refractivity contribution in [3.05, 3.63) is 0 Å². The van der Waals surface area contributed by atoms with Gasteiger partial charge in [0.05, 0.1) is 0 Å². The minimum Gasteiger partial charge on any atom is -0.412 e. The molecule has 0 amide bonds. The maximum atomic E-state index is 2.04. The largest absolute Gasteiger partial charge is 0.412 e. The molecule has 0 spiro atoms. The smallest absolute Gasteiger partial charge is 0.00597 e. The Balaban J connectivity index is 0.000000160. The number of hydrogen-bond acceptors (Lipinski definition) is 1. The van der Waals surface area contributed by atoms with Gasteiger partial charge in [0.15, 0.2) is 0 Å². The second kappa shape index (κ2) is 2.54. The van der Waals surface area contributed by atoms with E-state index >= 15 is 0 Å². The third-order valence-electron chi connectivity index (χ3n) is 0.577. The lowest BCUT2D eigenvalue weighted by molar-refractivity contribution is 0.824. The van der Waals surface area contributed by atoms with Crippen LogP contribution in [-0.4, -0.2) is 17.0 Å². The highest BCUT2D eigenvalue weighted by Crippen LogP contribution is 2.14. The van der Waals surface area contributed by atoms with Crippen LogP contribution in [0.15, 0.2) is 0 Å². The van der Waals surface area contributed by atoms with E-state index in [1.807, 2.05) is 11.8 Å². The van der Waals surface area contributed by atoms with Gasteiger partial charge < -0.3 is 5.48 Å². The summed E-state index contributed by atoms with van der Waals surface area (Å²) in [6.07, 6.45) is 1.46. The Morgan fingerprint density at radius 1 is 1.20 bits per heavy atom. The molecule has 1 heterocycles. The summed E-state index contributed by atoms with van der Waals surface area (Å²) in [7, 11) is 0. The summed E-state index contributed by atoms with van der Waals surface area (Å²) in [5, 5.41) is 0. The van der Waals surface area contributed by atoms with Gasteiger partial charge >= 0.3 is 0 Å². The molecule has 1 aliphatic rings. The van der Waals surface area contributed by atoms with E-state index in [1.54, 1.807) is 0 Å². The topological polar surface area (TPSA) is 31.5 Å².